The summed E-state index contributed by atoms with van der Waals surface area (Å²) in [4.78, 5) is 0.0715. The number of halogens is 1. The standard InChI is InChI=1S/C14H11ClO5S/c1-9-6-10(3-5-14(9)21(15,16)17)20-11-2-4-12-13(7-11)19-8-18-12/h2-7H,8H2,1H3. The average molecular weight is 327 g/mol. The van der Waals surface area contributed by atoms with Crippen molar-refractivity contribution in [2.45, 2.75) is 11.8 Å². The van der Waals surface area contributed by atoms with E-state index in [1.165, 1.54) is 6.07 Å². The Labute approximate surface area is 126 Å². The van der Waals surface area contributed by atoms with Crippen molar-refractivity contribution in [2.24, 2.45) is 0 Å². The Bertz CT molecular complexity index is 801. The molecule has 0 aliphatic carbocycles. The van der Waals surface area contributed by atoms with Crippen LogP contribution >= 0.6 is 10.7 Å². The second kappa shape index (κ2) is 5.13. The minimum absolute atomic E-state index is 0.0715. The summed E-state index contributed by atoms with van der Waals surface area (Å²) in [5, 5.41) is 0. The predicted molar refractivity (Wildman–Crippen MR) is 76.9 cm³/mol. The molecule has 1 heterocycles. The van der Waals surface area contributed by atoms with Crippen LogP contribution in [0.5, 0.6) is 23.0 Å². The molecular weight excluding hydrogens is 316 g/mol. The number of benzene rings is 2. The summed E-state index contributed by atoms with van der Waals surface area (Å²) >= 11 is 0. The van der Waals surface area contributed by atoms with Crippen LogP contribution in [0.4, 0.5) is 0 Å². The van der Waals surface area contributed by atoms with Crippen molar-refractivity contribution in [2.75, 3.05) is 6.79 Å². The molecule has 0 amide bonds. The second-order valence-electron chi connectivity index (χ2n) is 4.48. The van der Waals surface area contributed by atoms with Gasteiger partial charge in [-0.2, -0.15) is 0 Å². The van der Waals surface area contributed by atoms with Gasteiger partial charge in [0, 0.05) is 16.7 Å². The molecule has 1 aliphatic rings. The molecular formula is C14H11ClO5S. The molecule has 0 unspecified atom stereocenters. The van der Waals surface area contributed by atoms with Gasteiger partial charge in [-0.05, 0) is 42.8 Å². The highest BCUT2D eigenvalue weighted by atomic mass is 35.7. The fourth-order valence-corrected chi connectivity index (χ4v) is 3.23. The highest BCUT2D eigenvalue weighted by Gasteiger charge is 2.16. The smallest absolute Gasteiger partial charge is 0.261 e. The molecule has 0 fully saturated rings. The van der Waals surface area contributed by atoms with Crippen LogP contribution in [0.15, 0.2) is 41.3 Å². The Morgan fingerprint density at radius 1 is 1.05 bits per heavy atom. The summed E-state index contributed by atoms with van der Waals surface area (Å²) in [6, 6.07) is 9.79. The normalized spacial score (nSPS) is 13.2. The van der Waals surface area contributed by atoms with Gasteiger partial charge in [-0.3, -0.25) is 0 Å². The van der Waals surface area contributed by atoms with E-state index in [2.05, 4.69) is 0 Å². The number of rotatable bonds is 3. The topological polar surface area (TPSA) is 61.8 Å². The lowest BCUT2D eigenvalue weighted by Gasteiger charge is -2.09. The quantitative estimate of drug-likeness (QED) is 0.808. The average Bonchev–Trinajstić information content (AvgIpc) is 2.84. The van der Waals surface area contributed by atoms with Gasteiger partial charge in [0.1, 0.15) is 11.5 Å². The van der Waals surface area contributed by atoms with E-state index in [-0.39, 0.29) is 11.7 Å². The van der Waals surface area contributed by atoms with E-state index in [1.807, 2.05) is 0 Å². The fourth-order valence-electron chi connectivity index (χ4n) is 2.04. The van der Waals surface area contributed by atoms with Crippen molar-refractivity contribution in [3.05, 3.63) is 42.0 Å². The maximum Gasteiger partial charge on any atom is 0.261 e. The maximum atomic E-state index is 11.3. The largest absolute Gasteiger partial charge is 0.457 e. The molecule has 0 atom stereocenters. The van der Waals surface area contributed by atoms with Crippen LogP contribution in [0, 0.1) is 6.92 Å². The number of ether oxygens (including phenoxy) is 3. The molecule has 3 rings (SSSR count). The molecule has 2 aromatic carbocycles. The predicted octanol–water partition coefficient (Wildman–Crippen LogP) is 3.44. The van der Waals surface area contributed by atoms with Crippen molar-refractivity contribution in [1.82, 2.24) is 0 Å². The third-order valence-electron chi connectivity index (χ3n) is 2.99. The van der Waals surface area contributed by atoms with Gasteiger partial charge >= 0.3 is 0 Å². The summed E-state index contributed by atoms with van der Waals surface area (Å²) in [6.07, 6.45) is 0. The summed E-state index contributed by atoms with van der Waals surface area (Å²) < 4.78 is 38.9. The monoisotopic (exact) mass is 326 g/mol. The van der Waals surface area contributed by atoms with Gasteiger partial charge in [-0.25, -0.2) is 8.42 Å². The minimum Gasteiger partial charge on any atom is -0.457 e. The van der Waals surface area contributed by atoms with Gasteiger partial charge in [-0.1, -0.05) is 0 Å². The van der Waals surface area contributed by atoms with Gasteiger partial charge in [0.25, 0.3) is 9.05 Å². The minimum atomic E-state index is -3.75. The first-order valence-corrected chi connectivity index (χ1v) is 8.37. The molecule has 0 spiro atoms. The van der Waals surface area contributed by atoms with Gasteiger partial charge in [-0.15, -0.1) is 0 Å². The van der Waals surface area contributed by atoms with E-state index in [0.717, 1.165) is 0 Å². The highest BCUT2D eigenvalue weighted by Crippen LogP contribution is 2.37. The SMILES string of the molecule is Cc1cc(Oc2ccc3c(c2)OCO3)ccc1S(=O)(=O)Cl. The third kappa shape index (κ3) is 2.91. The molecule has 0 N–H and O–H groups in total. The molecule has 1 aliphatic heterocycles. The summed E-state index contributed by atoms with van der Waals surface area (Å²) in [5.41, 5.74) is 0.517. The number of aryl methyl sites for hydroxylation is 1. The van der Waals surface area contributed by atoms with Crippen LogP contribution in [0.3, 0.4) is 0 Å². The zero-order chi connectivity index (χ0) is 15.0. The van der Waals surface area contributed by atoms with Crippen molar-refractivity contribution in [3.8, 4) is 23.0 Å². The molecule has 2 aromatic rings. The maximum absolute atomic E-state index is 11.3. The third-order valence-corrected chi connectivity index (χ3v) is 4.47. The van der Waals surface area contributed by atoms with E-state index >= 15 is 0 Å². The fraction of sp³-hybridized carbons (Fsp3) is 0.143. The van der Waals surface area contributed by atoms with Crippen molar-refractivity contribution in [3.63, 3.8) is 0 Å². The zero-order valence-electron chi connectivity index (χ0n) is 11.0. The highest BCUT2D eigenvalue weighted by molar-refractivity contribution is 8.13. The Kier molecular flexibility index (Phi) is 3.43. The van der Waals surface area contributed by atoms with Gasteiger partial charge in [0.2, 0.25) is 6.79 Å². The first-order valence-electron chi connectivity index (χ1n) is 6.06. The Hall–Kier alpha value is -1.92. The zero-order valence-corrected chi connectivity index (χ0v) is 12.6. The van der Waals surface area contributed by atoms with Crippen LogP contribution in [-0.2, 0) is 9.05 Å². The van der Waals surface area contributed by atoms with E-state index in [4.69, 9.17) is 24.9 Å². The number of hydrogen-bond donors (Lipinski definition) is 0. The molecule has 0 aromatic heterocycles. The van der Waals surface area contributed by atoms with E-state index in [0.29, 0.717) is 28.6 Å². The summed E-state index contributed by atoms with van der Waals surface area (Å²) in [7, 11) is 1.59. The molecule has 0 bridgehead atoms. The van der Waals surface area contributed by atoms with E-state index in [9.17, 15) is 8.42 Å². The molecule has 0 saturated carbocycles. The van der Waals surface area contributed by atoms with Crippen LogP contribution in [0.25, 0.3) is 0 Å². The molecule has 7 heteroatoms. The van der Waals surface area contributed by atoms with Crippen LogP contribution in [0.1, 0.15) is 5.56 Å². The Morgan fingerprint density at radius 3 is 2.43 bits per heavy atom. The molecule has 21 heavy (non-hydrogen) atoms. The summed E-state index contributed by atoms with van der Waals surface area (Å²) in [5.74, 6) is 2.36. The van der Waals surface area contributed by atoms with Crippen molar-refractivity contribution in [1.29, 1.82) is 0 Å². The molecule has 5 nitrogen and oxygen atoms in total. The molecule has 0 saturated heterocycles. The number of hydrogen-bond acceptors (Lipinski definition) is 5. The number of fused-ring (bicyclic) bond motifs is 1. The molecule has 0 radical (unpaired) electrons. The van der Waals surface area contributed by atoms with E-state index in [1.54, 1.807) is 37.3 Å². The van der Waals surface area contributed by atoms with E-state index < -0.39 is 9.05 Å². The van der Waals surface area contributed by atoms with Crippen LogP contribution in [-0.4, -0.2) is 15.2 Å². The first kappa shape index (κ1) is 14.0. The lowest BCUT2D eigenvalue weighted by molar-refractivity contribution is 0.174. The molecule has 110 valence electrons. The van der Waals surface area contributed by atoms with Gasteiger partial charge < -0.3 is 14.2 Å². The Balaban J connectivity index is 1.87. The first-order chi connectivity index (χ1) is 9.93. The second-order valence-corrected chi connectivity index (χ2v) is 7.02. The Morgan fingerprint density at radius 2 is 1.71 bits per heavy atom. The lowest BCUT2D eigenvalue weighted by atomic mass is 10.2. The van der Waals surface area contributed by atoms with Gasteiger partial charge in [0.05, 0.1) is 4.90 Å². The van der Waals surface area contributed by atoms with Crippen molar-refractivity contribution < 1.29 is 22.6 Å². The van der Waals surface area contributed by atoms with Gasteiger partial charge in [0.15, 0.2) is 11.5 Å². The van der Waals surface area contributed by atoms with Crippen LogP contribution < -0.4 is 14.2 Å². The van der Waals surface area contributed by atoms with Crippen molar-refractivity contribution >= 4 is 19.7 Å². The summed E-state index contributed by atoms with van der Waals surface area (Å²) in [6.45, 7) is 1.85. The lowest BCUT2D eigenvalue weighted by Crippen LogP contribution is -1.95. The van der Waals surface area contributed by atoms with Crippen LogP contribution in [0.2, 0.25) is 0 Å².